The van der Waals surface area contributed by atoms with Crippen LogP contribution in [0, 0.1) is 0 Å². The summed E-state index contributed by atoms with van der Waals surface area (Å²) in [5.74, 6) is 0.915. The van der Waals surface area contributed by atoms with Gasteiger partial charge in [-0.2, -0.15) is 0 Å². The molecule has 0 saturated carbocycles. The second-order valence-corrected chi connectivity index (χ2v) is 4.67. The van der Waals surface area contributed by atoms with Crippen molar-refractivity contribution in [2.45, 2.75) is 45.1 Å². The zero-order valence-electron chi connectivity index (χ0n) is 11.4. The summed E-state index contributed by atoms with van der Waals surface area (Å²) >= 11 is 0. The summed E-state index contributed by atoms with van der Waals surface area (Å²) in [4.78, 5) is 0. The Labute approximate surface area is 111 Å². The average molecular weight is 250 g/mol. The van der Waals surface area contributed by atoms with Gasteiger partial charge in [0.1, 0.15) is 5.75 Å². The predicted octanol–water partition coefficient (Wildman–Crippen LogP) is 2.99. The molecule has 0 radical (unpaired) electrons. The van der Waals surface area contributed by atoms with E-state index in [1.165, 1.54) is 25.7 Å². The number of unbranched alkanes of at least 4 members (excludes halogenated alkanes) is 4. The topological polar surface area (TPSA) is 61.3 Å². The number of ether oxygens (including phenoxy) is 1. The molecule has 0 aliphatic carbocycles. The van der Waals surface area contributed by atoms with Gasteiger partial charge in [-0.25, -0.2) is 0 Å². The van der Waals surface area contributed by atoms with E-state index in [1.807, 2.05) is 24.3 Å². The number of hydrogen-bond acceptors (Lipinski definition) is 3. The van der Waals surface area contributed by atoms with Crippen molar-refractivity contribution in [2.75, 3.05) is 13.2 Å². The molecule has 102 valence electrons. The SMILES string of the molecule is CCCCCCCOc1ccc(C(N)CN)cc1. The molecule has 3 heteroatoms. The Morgan fingerprint density at radius 1 is 1.06 bits per heavy atom. The highest BCUT2D eigenvalue weighted by Crippen LogP contribution is 2.16. The van der Waals surface area contributed by atoms with Crippen molar-refractivity contribution in [3.05, 3.63) is 29.8 Å². The van der Waals surface area contributed by atoms with Crippen molar-refractivity contribution in [3.63, 3.8) is 0 Å². The zero-order chi connectivity index (χ0) is 13.2. The lowest BCUT2D eigenvalue weighted by atomic mass is 10.1. The van der Waals surface area contributed by atoms with Crippen LogP contribution in [0.1, 0.15) is 50.6 Å². The molecule has 1 aromatic rings. The van der Waals surface area contributed by atoms with Crippen LogP contribution in [0.25, 0.3) is 0 Å². The lowest BCUT2D eigenvalue weighted by Crippen LogP contribution is -2.20. The minimum atomic E-state index is -0.0758. The summed E-state index contributed by atoms with van der Waals surface area (Å²) in [6, 6.07) is 7.84. The van der Waals surface area contributed by atoms with E-state index in [2.05, 4.69) is 6.92 Å². The zero-order valence-corrected chi connectivity index (χ0v) is 11.4. The normalized spacial score (nSPS) is 12.4. The molecule has 0 saturated heterocycles. The molecule has 3 nitrogen and oxygen atoms in total. The minimum absolute atomic E-state index is 0.0758. The summed E-state index contributed by atoms with van der Waals surface area (Å²) < 4.78 is 5.68. The third kappa shape index (κ3) is 5.52. The van der Waals surface area contributed by atoms with E-state index in [4.69, 9.17) is 16.2 Å². The monoisotopic (exact) mass is 250 g/mol. The molecule has 1 atom stereocenters. The molecule has 0 amide bonds. The molecule has 0 aliphatic heterocycles. The maximum Gasteiger partial charge on any atom is 0.119 e. The Kier molecular flexibility index (Phi) is 7.46. The molecular formula is C15H26N2O. The second-order valence-electron chi connectivity index (χ2n) is 4.67. The molecule has 0 bridgehead atoms. The number of rotatable bonds is 9. The fraction of sp³-hybridized carbons (Fsp3) is 0.600. The molecule has 1 unspecified atom stereocenters. The lowest BCUT2D eigenvalue weighted by molar-refractivity contribution is 0.304. The number of nitrogens with two attached hydrogens (primary N) is 2. The number of benzene rings is 1. The molecule has 0 fully saturated rings. The van der Waals surface area contributed by atoms with E-state index in [-0.39, 0.29) is 6.04 Å². The Morgan fingerprint density at radius 3 is 2.33 bits per heavy atom. The van der Waals surface area contributed by atoms with Gasteiger partial charge in [0.05, 0.1) is 6.61 Å². The van der Waals surface area contributed by atoms with Gasteiger partial charge in [0.15, 0.2) is 0 Å². The van der Waals surface area contributed by atoms with Gasteiger partial charge in [0, 0.05) is 12.6 Å². The van der Waals surface area contributed by atoms with Crippen molar-refractivity contribution in [3.8, 4) is 5.75 Å². The lowest BCUT2D eigenvalue weighted by Gasteiger charge is -2.10. The maximum absolute atomic E-state index is 5.85. The van der Waals surface area contributed by atoms with Crippen LogP contribution in [0.3, 0.4) is 0 Å². The van der Waals surface area contributed by atoms with Crippen LogP contribution in [-0.4, -0.2) is 13.2 Å². The smallest absolute Gasteiger partial charge is 0.119 e. The molecule has 1 aromatic carbocycles. The van der Waals surface area contributed by atoms with Crippen LogP contribution >= 0.6 is 0 Å². The minimum Gasteiger partial charge on any atom is -0.494 e. The van der Waals surface area contributed by atoms with Crippen LogP contribution in [0.5, 0.6) is 5.75 Å². The molecule has 0 spiro atoms. The van der Waals surface area contributed by atoms with Gasteiger partial charge in [0.25, 0.3) is 0 Å². The predicted molar refractivity (Wildman–Crippen MR) is 76.7 cm³/mol. The molecule has 0 aliphatic rings. The highest BCUT2D eigenvalue weighted by atomic mass is 16.5. The first-order valence-corrected chi connectivity index (χ1v) is 6.96. The second kappa shape index (κ2) is 8.95. The summed E-state index contributed by atoms with van der Waals surface area (Å²) in [6.07, 6.45) is 6.30. The summed E-state index contributed by atoms with van der Waals surface area (Å²) in [7, 11) is 0. The summed E-state index contributed by atoms with van der Waals surface area (Å²) in [5.41, 5.74) is 12.4. The highest BCUT2D eigenvalue weighted by Gasteiger charge is 2.03. The molecule has 0 heterocycles. The first kappa shape index (κ1) is 15.0. The van der Waals surface area contributed by atoms with Crippen molar-refractivity contribution in [2.24, 2.45) is 11.5 Å². The summed E-state index contributed by atoms with van der Waals surface area (Å²) in [6.45, 7) is 3.49. The van der Waals surface area contributed by atoms with Crippen LogP contribution in [-0.2, 0) is 0 Å². The first-order chi connectivity index (χ1) is 8.77. The van der Waals surface area contributed by atoms with Crippen LogP contribution < -0.4 is 16.2 Å². The third-order valence-electron chi connectivity index (χ3n) is 3.08. The standard InChI is InChI=1S/C15H26N2O/c1-2-3-4-5-6-11-18-14-9-7-13(8-10-14)15(17)12-16/h7-10,15H,2-6,11-12,16-17H2,1H3. The molecule has 0 aromatic heterocycles. The highest BCUT2D eigenvalue weighted by molar-refractivity contribution is 5.29. The quantitative estimate of drug-likeness (QED) is 0.662. The first-order valence-electron chi connectivity index (χ1n) is 6.96. The Morgan fingerprint density at radius 2 is 1.72 bits per heavy atom. The average Bonchev–Trinajstić information content (AvgIpc) is 2.42. The maximum atomic E-state index is 5.85. The molecule has 1 rings (SSSR count). The largest absolute Gasteiger partial charge is 0.494 e. The van der Waals surface area contributed by atoms with Gasteiger partial charge in [-0.1, -0.05) is 44.7 Å². The van der Waals surface area contributed by atoms with Gasteiger partial charge in [0.2, 0.25) is 0 Å². The van der Waals surface area contributed by atoms with Crippen molar-refractivity contribution in [1.82, 2.24) is 0 Å². The van der Waals surface area contributed by atoms with Gasteiger partial charge in [-0.05, 0) is 24.1 Å². The number of hydrogen-bond donors (Lipinski definition) is 2. The van der Waals surface area contributed by atoms with Gasteiger partial charge in [-0.15, -0.1) is 0 Å². The fourth-order valence-corrected chi connectivity index (χ4v) is 1.84. The van der Waals surface area contributed by atoms with E-state index in [1.54, 1.807) is 0 Å². The van der Waals surface area contributed by atoms with Crippen molar-refractivity contribution >= 4 is 0 Å². The summed E-state index contributed by atoms with van der Waals surface area (Å²) in [5, 5.41) is 0. The van der Waals surface area contributed by atoms with Crippen LogP contribution in [0.15, 0.2) is 24.3 Å². The van der Waals surface area contributed by atoms with Crippen molar-refractivity contribution in [1.29, 1.82) is 0 Å². The molecule has 4 N–H and O–H groups in total. The van der Waals surface area contributed by atoms with Gasteiger partial charge in [-0.3, -0.25) is 0 Å². The van der Waals surface area contributed by atoms with Crippen LogP contribution in [0.2, 0.25) is 0 Å². The van der Waals surface area contributed by atoms with Gasteiger partial charge < -0.3 is 16.2 Å². The fourth-order valence-electron chi connectivity index (χ4n) is 1.84. The van der Waals surface area contributed by atoms with Crippen molar-refractivity contribution < 1.29 is 4.74 Å². The van der Waals surface area contributed by atoms with E-state index >= 15 is 0 Å². The Hall–Kier alpha value is -1.06. The van der Waals surface area contributed by atoms with E-state index in [0.29, 0.717) is 6.54 Å². The van der Waals surface area contributed by atoms with E-state index in [0.717, 1.165) is 24.3 Å². The van der Waals surface area contributed by atoms with E-state index in [9.17, 15) is 0 Å². The molecular weight excluding hydrogens is 224 g/mol. The Bertz CT molecular complexity index is 311. The third-order valence-corrected chi connectivity index (χ3v) is 3.08. The van der Waals surface area contributed by atoms with Gasteiger partial charge >= 0.3 is 0 Å². The van der Waals surface area contributed by atoms with E-state index < -0.39 is 0 Å². The van der Waals surface area contributed by atoms with Crippen LogP contribution in [0.4, 0.5) is 0 Å². The Balaban J connectivity index is 2.22. The molecule has 18 heavy (non-hydrogen) atoms.